The second kappa shape index (κ2) is 10.1. The quantitative estimate of drug-likeness (QED) is 0.206. The standard InChI is InChI=1S/C28H27N3O4S/c1-18-11-12-21(15-19(18)2)29-28-30(22-8-4-3-5-9-22)27(32)26(36-28)17-24-13-14-25(35-24)20-7-6-10-23(16-20)31(33)34/h6-7,10-17,22H,3-5,8-9H2,1-2H3. The second-order valence-corrected chi connectivity index (χ2v) is 10.3. The van der Waals surface area contributed by atoms with Crippen LogP contribution in [0.3, 0.4) is 0 Å². The molecule has 0 unspecified atom stereocenters. The van der Waals surface area contributed by atoms with Crippen molar-refractivity contribution in [3.63, 3.8) is 0 Å². The van der Waals surface area contributed by atoms with Gasteiger partial charge in [0.2, 0.25) is 0 Å². The van der Waals surface area contributed by atoms with Crippen LogP contribution < -0.4 is 0 Å². The molecule has 7 nitrogen and oxygen atoms in total. The van der Waals surface area contributed by atoms with Gasteiger partial charge in [-0.05, 0) is 73.8 Å². The number of aliphatic imine (C=N–C) groups is 1. The average Bonchev–Trinajstić information content (AvgIpc) is 3.46. The maximum absolute atomic E-state index is 13.6. The van der Waals surface area contributed by atoms with Gasteiger partial charge in [-0.3, -0.25) is 19.8 Å². The first-order chi connectivity index (χ1) is 17.4. The Bertz CT molecular complexity index is 1380. The molecular weight excluding hydrogens is 474 g/mol. The smallest absolute Gasteiger partial charge is 0.270 e. The molecule has 3 aromatic rings. The van der Waals surface area contributed by atoms with Gasteiger partial charge in [0.1, 0.15) is 11.5 Å². The molecule has 5 rings (SSSR count). The van der Waals surface area contributed by atoms with Crippen molar-refractivity contribution < 1.29 is 14.1 Å². The van der Waals surface area contributed by atoms with Crippen molar-refractivity contribution in [3.8, 4) is 11.3 Å². The summed E-state index contributed by atoms with van der Waals surface area (Å²) in [5.41, 5.74) is 3.81. The van der Waals surface area contributed by atoms with Crippen molar-refractivity contribution in [2.24, 2.45) is 4.99 Å². The maximum Gasteiger partial charge on any atom is 0.270 e. The fourth-order valence-electron chi connectivity index (χ4n) is 4.62. The number of amides is 1. The molecule has 2 heterocycles. The van der Waals surface area contributed by atoms with Gasteiger partial charge in [-0.1, -0.05) is 37.5 Å². The zero-order valence-electron chi connectivity index (χ0n) is 20.3. The Morgan fingerprint density at radius 1 is 1.06 bits per heavy atom. The molecule has 0 N–H and O–H groups in total. The Hall–Kier alpha value is -3.65. The van der Waals surface area contributed by atoms with Crippen molar-refractivity contribution in [2.45, 2.75) is 52.0 Å². The molecule has 0 atom stereocenters. The van der Waals surface area contributed by atoms with E-state index in [0.717, 1.165) is 36.9 Å². The minimum Gasteiger partial charge on any atom is -0.457 e. The molecule has 2 aliphatic rings. The topological polar surface area (TPSA) is 89.0 Å². The minimum absolute atomic E-state index is 0.000602. The molecule has 2 aromatic carbocycles. The molecular formula is C28H27N3O4S. The number of non-ortho nitro benzene ring substituents is 1. The van der Waals surface area contributed by atoms with Gasteiger partial charge >= 0.3 is 0 Å². The third kappa shape index (κ3) is 4.99. The van der Waals surface area contributed by atoms with Gasteiger partial charge < -0.3 is 4.42 Å². The maximum atomic E-state index is 13.6. The SMILES string of the molecule is Cc1ccc(N=C2SC(=Cc3ccc(-c4cccc([N+](=O)[O-])c4)o3)C(=O)N2C2CCCCC2)cc1C. The van der Waals surface area contributed by atoms with Gasteiger partial charge in [0.25, 0.3) is 11.6 Å². The number of thioether (sulfide) groups is 1. The monoisotopic (exact) mass is 501 g/mol. The second-order valence-electron chi connectivity index (χ2n) is 9.25. The number of aryl methyl sites for hydroxylation is 2. The first-order valence-corrected chi connectivity index (χ1v) is 12.9. The summed E-state index contributed by atoms with van der Waals surface area (Å²) >= 11 is 1.37. The van der Waals surface area contributed by atoms with Crippen molar-refractivity contribution in [3.05, 3.63) is 86.5 Å². The number of hydrogen-bond acceptors (Lipinski definition) is 6. The van der Waals surface area contributed by atoms with Crippen LogP contribution >= 0.6 is 11.8 Å². The van der Waals surface area contributed by atoms with Crippen LogP contribution in [0.5, 0.6) is 0 Å². The molecule has 1 aliphatic carbocycles. The summed E-state index contributed by atoms with van der Waals surface area (Å²) in [4.78, 5) is 31.6. The van der Waals surface area contributed by atoms with Gasteiger partial charge in [0.15, 0.2) is 5.17 Å². The van der Waals surface area contributed by atoms with E-state index in [-0.39, 0.29) is 17.6 Å². The Kier molecular flexibility index (Phi) is 6.78. The highest BCUT2D eigenvalue weighted by Gasteiger charge is 2.38. The molecule has 184 valence electrons. The van der Waals surface area contributed by atoms with Crippen LogP contribution in [-0.4, -0.2) is 26.9 Å². The molecule has 1 saturated carbocycles. The summed E-state index contributed by atoms with van der Waals surface area (Å²) in [7, 11) is 0. The number of nitro benzene ring substituents is 1. The van der Waals surface area contributed by atoms with E-state index >= 15 is 0 Å². The largest absolute Gasteiger partial charge is 0.457 e. The summed E-state index contributed by atoms with van der Waals surface area (Å²) in [6.45, 7) is 4.13. The van der Waals surface area contributed by atoms with Gasteiger partial charge in [0, 0.05) is 29.8 Å². The van der Waals surface area contributed by atoms with Gasteiger partial charge in [-0.25, -0.2) is 4.99 Å². The summed E-state index contributed by atoms with van der Waals surface area (Å²) in [6, 6.07) is 16.1. The molecule has 36 heavy (non-hydrogen) atoms. The minimum atomic E-state index is -0.431. The average molecular weight is 502 g/mol. The van der Waals surface area contributed by atoms with E-state index in [1.165, 1.54) is 35.9 Å². The van der Waals surface area contributed by atoms with E-state index in [1.54, 1.807) is 30.3 Å². The molecule has 0 bridgehead atoms. The highest BCUT2D eigenvalue weighted by atomic mass is 32.2. The molecule has 8 heteroatoms. The van der Waals surface area contributed by atoms with Crippen molar-refractivity contribution in [1.29, 1.82) is 0 Å². The van der Waals surface area contributed by atoms with E-state index in [9.17, 15) is 14.9 Å². The number of carbonyl (C=O) groups is 1. The highest BCUT2D eigenvalue weighted by molar-refractivity contribution is 8.18. The van der Waals surface area contributed by atoms with Crippen molar-refractivity contribution >= 4 is 40.3 Å². The number of rotatable bonds is 5. The van der Waals surface area contributed by atoms with E-state index < -0.39 is 4.92 Å². The number of amidine groups is 1. The molecule has 2 fully saturated rings. The van der Waals surface area contributed by atoms with Gasteiger partial charge in [-0.2, -0.15) is 0 Å². The normalized spacial score (nSPS) is 18.9. The number of carbonyl (C=O) groups excluding carboxylic acids is 1. The predicted molar refractivity (Wildman–Crippen MR) is 143 cm³/mol. The Labute approximate surface area is 214 Å². The summed E-state index contributed by atoms with van der Waals surface area (Å²) in [5, 5.41) is 11.8. The summed E-state index contributed by atoms with van der Waals surface area (Å²) < 4.78 is 5.95. The van der Waals surface area contributed by atoms with E-state index in [1.807, 2.05) is 17.0 Å². The van der Waals surface area contributed by atoms with Crippen LogP contribution in [0.4, 0.5) is 11.4 Å². The molecule has 1 aromatic heterocycles. The third-order valence-electron chi connectivity index (χ3n) is 6.73. The summed E-state index contributed by atoms with van der Waals surface area (Å²) in [5.74, 6) is 0.973. The van der Waals surface area contributed by atoms with Crippen molar-refractivity contribution in [2.75, 3.05) is 0 Å². The number of furan rings is 1. The molecule has 1 saturated heterocycles. The fourth-order valence-corrected chi connectivity index (χ4v) is 5.66. The number of nitro groups is 1. The van der Waals surface area contributed by atoms with Crippen LogP contribution in [0.25, 0.3) is 17.4 Å². The first-order valence-electron chi connectivity index (χ1n) is 12.1. The van der Waals surface area contributed by atoms with Crippen LogP contribution in [0.2, 0.25) is 0 Å². The fraction of sp³-hybridized carbons (Fsp3) is 0.286. The van der Waals surface area contributed by atoms with Crippen LogP contribution in [0, 0.1) is 24.0 Å². The predicted octanol–water partition coefficient (Wildman–Crippen LogP) is 7.41. The van der Waals surface area contributed by atoms with Crippen LogP contribution in [-0.2, 0) is 4.79 Å². The van der Waals surface area contributed by atoms with Crippen LogP contribution in [0.15, 0.2) is 68.9 Å². The first kappa shape index (κ1) is 24.1. The number of benzene rings is 2. The van der Waals surface area contributed by atoms with E-state index in [2.05, 4.69) is 19.9 Å². The molecule has 1 amide bonds. The van der Waals surface area contributed by atoms with Gasteiger partial charge in [0.05, 0.1) is 15.5 Å². The molecule has 0 radical (unpaired) electrons. The summed E-state index contributed by atoms with van der Waals surface area (Å²) in [6.07, 6.45) is 7.11. The van der Waals surface area contributed by atoms with E-state index in [0.29, 0.717) is 27.2 Å². The third-order valence-corrected chi connectivity index (χ3v) is 7.72. The zero-order valence-corrected chi connectivity index (χ0v) is 21.1. The van der Waals surface area contributed by atoms with Gasteiger partial charge in [-0.15, -0.1) is 0 Å². The van der Waals surface area contributed by atoms with E-state index in [4.69, 9.17) is 9.41 Å². The number of nitrogens with zero attached hydrogens (tertiary/aromatic N) is 3. The number of hydrogen-bond donors (Lipinski definition) is 0. The van der Waals surface area contributed by atoms with Crippen molar-refractivity contribution in [1.82, 2.24) is 4.90 Å². The molecule has 1 aliphatic heterocycles. The lowest BCUT2D eigenvalue weighted by Gasteiger charge is -2.30. The lowest BCUT2D eigenvalue weighted by molar-refractivity contribution is -0.384. The molecule has 0 spiro atoms. The lowest BCUT2D eigenvalue weighted by atomic mass is 9.94. The highest BCUT2D eigenvalue weighted by Crippen LogP contribution is 2.39. The Morgan fingerprint density at radius 2 is 1.86 bits per heavy atom. The Morgan fingerprint density at radius 3 is 2.61 bits per heavy atom. The lowest BCUT2D eigenvalue weighted by Crippen LogP contribution is -2.40. The Balaban J connectivity index is 1.46. The zero-order chi connectivity index (χ0) is 25.2. The van der Waals surface area contributed by atoms with Crippen LogP contribution in [0.1, 0.15) is 49.0 Å².